The molecule has 0 bridgehead atoms. The minimum Gasteiger partial charge on any atom is -0.371 e. The third-order valence-corrected chi connectivity index (χ3v) is 6.15. The van der Waals surface area contributed by atoms with Crippen molar-refractivity contribution in [2.24, 2.45) is 4.99 Å². The van der Waals surface area contributed by atoms with Gasteiger partial charge in [-0.15, -0.1) is 0 Å². The van der Waals surface area contributed by atoms with Crippen molar-refractivity contribution in [2.45, 2.75) is 44.6 Å². The summed E-state index contributed by atoms with van der Waals surface area (Å²) in [4.78, 5) is 30.6. The topological polar surface area (TPSA) is 87.8 Å². The number of amides is 1. The molecule has 2 aliphatic heterocycles. The summed E-state index contributed by atoms with van der Waals surface area (Å²) in [7, 11) is 0. The van der Waals surface area contributed by atoms with Crippen molar-refractivity contribution >= 4 is 40.3 Å². The number of benzene rings is 1. The van der Waals surface area contributed by atoms with Crippen LogP contribution in [0.4, 0.5) is 11.4 Å². The van der Waals surface area contributed by atoms with Gasteiger partial charge in [-0.2, -0.15) is 0 Å². The van der Waals surface area contributed by atoms with E-state index in [0.29, 0.717) is 21.7 Å². The molecule has 0 aromatic heterocycles. The first-order valence-electron chi connectivity index (χ1n) is 9.42. The Morgan fingerprint density at radius 3 is 2.67 bits per heavy atom. The summed E-state index contributed by atoms with van der Waals surface area (Å²) in [6.45, 7) is 1.86. The molecule has 1 aromatic rings. The number of nitro groups is 1. The molecular weight excluding hydrogens is 364 g/mol. The van der Waals surface area contributed by atoms with Crippen molar-refractivity contribution in [3.63, 3.8) is 0 Å². The lowest BCUT2D eigenvalue weighted by molar-refractivity contribution is -0.384. The first kappa shape index (κ1) is 18.0. The highest BCUT2D eigenvalue weighted by Gasteiger charge is 2.27. The van der Waals surface area contributed by atoms with Crippen LogP contribution in [0.25, 0.3) is 6.08 Å². The highest BCUT2D eigenvalue weighted by molar-refractivity contribution is 8.18. The Morgan fingerprint density at radius 1 is 1.22 bits per heavy atom. The van der Waals surface area contributed by atoms with Crippen LogP contribution in [-0.4, -0.2) is 35.1 Å². The number of carbonyl (C=O) groups is 1. The van der Waals surface area contributed by atoms with Crippen molar-refractivity contribution < 1.29 is 9.72 Å². The Morgan fingerprint density at radius 2 is 1.96 bits per heavy atom. The number of rotatable bonds is 4. The number of anilines is 1. The molecule has 7 nitrogen and oxygen atoms in total. The molecule has 1 aromatic carbocycles. The predicted molar refractivity (Wildman–Crippen MR) is 108 cm³/mol. The Labute approximate surface area is 162 Å². The Bertz CT molecular complexity index is 824. The van der Waals surface area contributed by atoms with Crippen LogP contribution in [0, 0.1) is 10.1 Å². The van der Waals surface area contributed by atoms with Crippen LogP contribution in [0.3, 0.4) is 0 Å². The maximum Gasteiger partial charge on any atom is 0.270 e. The van der Waals surface area contributed by atoms with Crippen LogP contribution in [0.15, 0.2) is 28.1 Å². The van der Waals surface area contributed by atoms with E-state index in [-0.39, 0.29) is 11.6 Å². The average Bonchev–Trinajstić information content (AvgIpc) is 3.39. The number of nitro benzene ring substituents is 1. The maximum atomic E-state index is 12.4. The second kappa shape index (κ2) is 7.72. The van der Waals surface area contributed by atoms with Crippen molar-refractivity contribution in [2.75, 3.05) is 18.0 Å². The molecule has 1 N–H and O–H groups in total. The second-order valence-corrected chi connectivity index (χ2v) is 8.16. The van der Waals surface area contributed by atoms with E-state index in [9.17, 15) is 14.9 Å². The van der Waals surface area contributed by atoms with E-state index in [4.69, 9.17) is 0 Å². The fourth-order valence-electron chi connectivity index (χ4n) is 3.85. The van der Waals surface area contributed by atoms with Gasteiger partial charge >= 0.3 is 0 Å². The van der Waals surface area contributed by atoms with Crippen LogP contribution in [0.1, 0.15) is 44.1 Å². The highest BCUT2D eigenvalue weighted by Crippen LogP contribution is 2.34. The molecule has 3 aliphatic rings. The van der Waals surface area contributed by atoms with Gasteiger partial charge in [-0.05, 0) is 49.6 Å². The summed E-state index contributed by atoms with van der Waals surface area (Å²) in [5, 5.41) is 14.7. The van der Waals surface area contributed by atoms with Crippen LogP contribution < -0.4 is 10.2 Å². The quantitative estimate of drug-likeness (QED) is 0.484. The summed E-state index contributed by atoms with van der Waals surface area (Å²) in [6, 6.07) is 5.18. The average molecular weight is 386 g/mol. The van der Waals surface area contributed by atoms with Crippen LogP contribution in [-0.2, 0) is 4.79 Å². The SMILES string of the molecule is O=C1NC(=NC2CCCC2)SC1=Cc1cc([N+](=O)[O-])ccc1N1CCCC1. The second-order valence-electron chi connectivity index (χ2n) is 7.13. The van der Waals surface area contributed by atoms with Gasteiger partial charge in [0, 0.05) is 36.5 Å². The normalized spacial score (nSPS) is 23.6. The molecule has 0 radical (unpaired) electrons. The van der Waals surface area contributed by atoms with Gasteiger partial charge in [-0.1, -0.05) is 12.8 Å². The number of non-ortho nitro benzene ring substituents is 1. The molecule has 1 saturated carbocycles. The van der Waals surface area contributed by atoms with Crippen molar-refractivity contribution in [1.29, 1.82) is 0 Å². The fraction of sp³-hybridized carbons (Fsp3) is 0.474. The number of nitrogens with one attached hydrogen (secondary N) is 1. The van der Waals surface area contributed by atoms with Gasteiger partial charge in [0.05, 0.1) is 15.9 Å². The maximum absolute atomic E-state index is 12.4. The predicted octanol–water partition coefficient (Wildman–Crippen LogP) is 3.70. The number of carbonyl (C=O) groups excluding carboxylic acids is 1. The number of thioether (sulfide) groups is 1. The molecule has 3 fully saturated rings. The minimum atomic E-state index is -0.398. The highest BCUT2D eigenvalue weighted by atomic mass is 32.2. The molecule has 2 saturated heterocycles. The molecule has 0 unspecified atom stereocenters. The van der Waals surface area contributed by atoms with E-state index >= 15 is 0 Å². The van der Waals surface area contributed by atoms with Gasteiger partial charge in [0.2, 0.25) is 0 Å². The zero-order chi connectivity index (χ0) is 18.8. The standard InChI is InChI=1S/C19H22N4O3S/c24-18-17(27-19(21-18)20-14-5-1-2-6-14)12-13-11-15(23(25)26)7-8-16(13)22-9-3-4-10-22/h7-8,11-12,14H,1-6,9-10H2,(H,20,21,24). The van der Waals surface area contributed by atoms with Gasteiger partial charge in [0.15, 0.2) is 5.17 Å². The van der Waals surface area contributed by atoms with Crippen molar-refractivity contribution in [1.82, 2.24) is 5.32 Å². The lowest BCUT2D eigenvalue weighted by Gasteiger charge is -2.20. The smallest absolute Gasteiger partial charge is 0.270 e. The van der Waals surface area contributed by atoms with Crippen LogP contribution in [0.5, 0.6) is 0 Å². The minimum absolute atomic E-state index is 0.0352. The lowest BCUT2D eigenvalue weighted by Crippen LogP contribution is -2.21. The van der Waals surface area contributed by atoms with E-state index in [1.807, 2.05) is 0 Å². The molecule has 142 valence electrons. The van der Waals surface area contributed by atoms with E-state index in [0.717, 1.165) is 44.5 Å². The largest absolute Gasteiger partial charge is 0.371 e. The third-order valence-electron chi connectivity index (χ3n) is 5.23. The van der Waals surface area contributed by atoms with Gasteiger partial charge in [-0.3, -0.25) is 19.9 Å². The van der Waals surface area contributed by atoms with E-state index in [2.05, 4.69) is 15.2 Å². The summed E-state index contributed by atoms with van der Waals surface area (Å²) in [6.07, 6.45) is 8.51. The first-order valence-corrected chi connectivity index (χ1v) is 10.2. The van der Waals surface area contributed by atoms with E-state index in [1.165, 1.54) is 30.7 Å². The summed E-state index contributed by atoms with van der Waals surface area (Å²) < 4.78 is 0. The molecule has 0 atom stereocenters. The molecule has 1 amide bonds. The summed E-state index contributed by atoms with van der Waals surface area (Å²) in [5.74, 6) is -0.185. The lowest BCUT2D eigenvalue weighted by atomic mass is 10.1. The monoisotopic (exact) mass is 386 g/mol. The molecule has 4 rings (SSSR count). The Kier molecular flexibility index (Phi) is 5.15. The Balaban J connectivity index is 1.64. The van der Waals surface area contributed by atoms with E-state index < -0.39 is 4.92 Å². The van der Waals surface area contributed by atoms with Crippen molar-refractivity contribution in [3.8, 4) is 0 Å². The third kappa shape index (κ3) is 4.00. The summed E-state index contributed by atoms with van der Waals surface area (Å²) >= 11 is 1.33. The number of aliphatic imine (C=N–C) groups is 1. The van der Waals surface area contributed by atoms with Crippen molar-refractivity contribution in [3.05, 3.63) is 38.8 Å². The molecule has 1 aliphatic carbocycles. The zero-order valence-electron chi connectivity index (χ0n) is 15.0. The number of nitrogens with zero attached hydrogens (tertiary/aromatic N) is 3. The van der Waals surface area contributed by atoms with Gasteiger partial charge in [0.1, 0.15) is 0 Å². The number of amidine groups is 1. The zero-order valence-corrected chi connectivity index (χ0v) is 15.8. The fourth-order valence-corrected chi connectivity index (χ4v) is 4.73. The molecule has 8 heteroatoms. The van der Waals surface area contributed by atoms with Gasteiger partial charge < -0.3 is 10.2 Å². The number of hydrogen-bond donors (Lipinski definition) is 1. The van der Waals surface area contributed by atoms with Crippen LogP contribution in [0.2, 0.25) is 0 Å². The molecule has 2 heterocycles. The van der Waals surface area contributed by atoms with Gasteiger partial charge in [0.25, 0.3) is 11.6 Å². The Hall–Kier alpha value is -2.35. The first-order chi connectivity index (χ1) is 13.1. The molecule has 0 spiro atoms. The van der Waals surface area contributed by atoms with Gasteiger partial charge in [-0.25, -0.2) is 0 Å². The number of hydrogen-bond acceptors (Lipinski definition) is 6. The summed E-state index contributed by atoms with van der Waals surface area (Å²) in [5.41, 5.74) is 1.69. The molecular formula is C19H22N4O3S. The molecule has 27 heavy (non-hydrogen) atoms. The van der Waals surface area contributed by atoms with Crippen LogP contribution >= 0.6 is 11.8 Å². The van der Waals surface area contributed by atoms with E-state index in [1.54, 1.807) is 18.2 Å².